The van der Waals surface area contributed by atoms with E-state index in [2.05, 4.69) is 17.2 Å². The van der Waals surface area contributed by atoms with Crippen LogP contribution in [0.1, 0.15) is 15.2 Å². The molecule has 0 atom stereocenters. The van der Waals surface area contributed by atoms with Gasteiger partial charge in [-0.05, 0) is 18.2 Å². The van der Waals surface area contributed by atoms with E-state index in [9.17, 15) is 4.79 Å². The van der Waals surface area contributed by atoms with Crippen molar-refractivity contribution in [3.8, 4) is 11.8 Å². The Bertz CT molecular complexity index is 655. The lowest BCUT2D eigenvalue weighted by Gasteiger charge is -2.05. The zero-order valence-corrected chi connectivity index (χ0v) is 11.5. The van der Waals surface area contributed by atoms with Crippen molar-refractivity contribution in [2.75, 3.05) is 11.9 Å². The molecule has 0 radical (unpaired) electrons. The Hall–Kier alpha value is -1.80. The van der Waals surface area contributed by atoms with E-state index in [-0.39, 0.29) is 5.91 Å². The third kappa shape index (κ3) is 3.58. The Morgan fingerprint density at radius 1 is 1.42 bits per heavy atom. The van der Waals surface area contributed by atoms with Crippen LogP contribution in [0.3, 0.4) is 0 Å². The summed E-state index contributed by atoms with van der Waals surface area (Å²) in [5.41, 5.74) is 6.45. The monoisotopic (exact) mass is 290 g/mol. The van der Waals surface area contributed by atoms with Gasteiger partial charge in [0.1, 0.15) is 0 Å². The van der Waals surface area contributed by atoms with Crippen molar-refractivity contribution in [1.82, 2.24) is 0 Å². The summed E-state index contributed by atoms with van der Waals surface area (Å²) in [6.07, 6.45) is 0. The molecule has 0 aliphatic rings. The van der Waals surface area contributed by atoms with E-state index in [0.717, 1.165) is 4.88 Å². The number of nitrogens with two attached hydrogens (primary N) is 1. The van der Waals surface area contributed by atoms with Crippen LogP contribution in [-0.4, -0.2) is 12.5 Å². The predicted molar refractivity (Wildman–Crippen MR) is 79.7 cm³/mol. The second-order valence-electron chi connectivity index (χ2n) is 3.64. The maximum Gasteiger partial charge on any atom is 0.256 e. The van der Waals surface area contributed by atoms with Crippen LogP contribution in [0.15, 0.2) is 35.7 Å². The highest BCUT2D eigenvalue weighted by Gasteiger charge is 2.09. The number of anilines is 1. The van der Waals surface area contributed by atoms with Gasteiger partial charge in [0, 0.05) is 5.38 Å². The first-order valence-corrected chi connectivity index (χ1v) is 6.80. The van der Waals surface area contributed by atoms with E-state index in [0.29, 0.717) is 22.8 Å². The fourth-order valence-electron chi connectivity index (χ4n) is 1.42. The second kappa shape index (κ2) is 6.39. The molecule has 96 valence electrons. The molecule has 1 aromatic carbocycles. The van der Waals surface area contributed by atoms with Crippen molar-refractivity contribution < 1.29 is 4.79 Å². The van der Waals surface area contributed by atoms with Gasteiger partial charge in [-0.2, -0.15) is 0 Å². The lowest BCUT2D eigenvalue weighted by atomic mass is 10.2. The minimum Gasteiger partial charge on any atom is -0.321 e. The van der Waals surface area contributed by atoms with Crippen LogP contribution in [0, 0.1) is 11.8 Å². The average Bonchev–Trinajstić information content (AvgIpc) is 2.88. The fraction of sp³-hybridized carbons (Fsp3) is 0.0714. The van der Waals surface area contributed by atoms with Crippen LogP contribution in [-0.2, 0) is 0 Å². The molecule has 0 fully saturated rings. The smallest absolute Gasteiger partial charge is 0.256 e. The van der Waals surface area contributed by atoms with Crippen molar-refractivity contribution in [2.45, 2.75) is 0 Å². The number of hydrogen-bond acceptors (Lipinski definition) is 3. The molecule has 0 spiro atoms. The van der Waals surface area contributed by atoms with Gasteiger partial charge >= 0.3 is 0 Å². The maximum atomic E-state index is 12.0. The van der Waals surface area contributed by atoms with Crippen LogP contribution >= 0.6 is 22.9 Å². The minimum atomic E-state index is -0.204. The standard InChI is InChI=1S/C14H11ClN2OS/c15-12-5-1-2-6-13(12)17-14(18)10-8-11(19-9-10)4-3-7-16/h1-2,5-6,8-9H,7,16H2,(H,17,18). The van der Waals surface area contributed by atoms with E-state index in [1.54, 1.807) is 23.6 Å². The van der Waals surface area contributed by atoms with Gasteiger partial charge in [0.25, 0.3) is 5.91 Å². The molecular weight excluding hydrogens is 280 g/mol. The molecule has 0 saturated heterocycles. The Kier molecular flexibility index (Phi) is 4.58. The van der Waals surface area contributed by atoms with Crippen molar-refractivity contribution in [2.24, 2.45) is 5.73 Å². The number of halogens is 1. The molecule has 2 aromatic rings. The van der Waals surface area contributed by atoms with Crippen molar-refractivity contribution in [1.29, 1.82) is 0 Å². The minimum absolute atomic E-state index is 0.204. The molecule has 3 nitrogen and oxygen atoms in total. The largest absolute Gasteiger partial charge is 0.321 e. The highest BCUT2D eigenvalue weighted by Crippen LogP contribution is 2.22. The van der Waals surface area contributed by atoms with Crippen LogP contribution in [0.5, 0.6) is 0 Å². The molecule has 3 N–H and O–H groups in total. The number of benzene rings is 1. The molecule has 0 aliphatic carbocycles. The SMILES string of the molecule is NCC#Cc1cc(C(=O)Nc2ccccc2Cl)cs1. The second-order valence-corrected chi connectivity index (χ2v) is 4.96. The molecule has 0 aliphatic heterocycles. The van der Waals surface area contributed by atoms with Gasteiger partial charge in [-0.25, -0.2) is 0 Å². The first-order chi connectivity index (χ1) is 9.20. The van der Waals surface area contributed by atoms with Crippen molar-refractivity contribution >= 4 is 34.5 Å². The lowest BCUT2D eigenvalue weighted by Crippen LogP contribution is -2.11. The molecule has 0 saturated carbocycles. The van der Waals surface area contributed by atoms with E-state index in [1.165, 1.54) is 11.3 Å². The average molecular weight is 291 g/mol. The molecule has 19 heavy (non-hydrogen) atoms. The molecule has 5 heteroatoms. The van der Waals surface area contributed by atoms with Gasteiger partial charge in [-0.3, -0.25) is 4.79 Å². The molecule has 0 bridgehead atoms. The Labute approximate surface area is 120 Å². The number of nitrogens with one attached hydrogen (secondary N) is 1. The summed E-state index contributed by atoms with van der Waals surface area (Å²) in [5.74, 6) is 5.44. The number of hydrogen-bond donors (Lipinski definition) is 2. The van der Waals surface area contributed by atoms with Crippen molar-refractivity contribution in [3.63, 3.8) is 0 Å². The Balaban J connectivity index is 2.12. The third-order valence-corrected chi connectivity index (χ3v) is 3.47. The van der Waals surface area contributed by atoms with Gasteiger partial charge in [0.15, 0.2) is 0 Å². The highest BCUT2D eigenvalue weighted by atomic mass is 35.5. The van der Waals surface area contributed by atoms with Gasteiger partial charge in [-0.15, -0.1) is 11.3 Å². The normalized spacial score (nSPS) is 9.58. The predicted octanol–water partition coefficient (Wildman–Crippen LogP) is 2.96. The summed E-state index contributed by atoms with van der Waals surface area (Å²) in [6, 6.07) is 8.83. The maximum absolute atomic E-state index is 12.0. The molecular formula is C14H11ClN2OS. The molecule has 1 aromatic heterocycles. The van der Waals surface area contributed by atoms with E-state index < -0.39 is 0 Å². The van der Waals surface area contributed by atoms with Crippen molar-refractivity contribution in [3.05, 3.63) is 51.2 Å². The number of thiophene rings is 1. The van der Waals surface area contributed by atoms with Gasteiger partial charge < -0.3 is 11.1 Å². The molecule has 0 unspecified atom stereocenters. The molecule has 1 amide bonds. The number of para-hydroxylation sites is 1. The summed E-state index contributed by atoms with van der Waals surface area (Å²) in [5, 5.41) is 5.02. The number of rotatable bonds is 2. The topological polar surface area (TPSA) is 55.1 Å². The van der Waals surface area contributed by atoms with Crippen LogP contribution < -0.4 is 11.1 Å². The number of carbonyl (C=O) groups is 1. The molecule has 2 rings (SSSR count). The number of amides is 1. The van der Waals surface area contributed by atoms with Gasteiger partial charge in [-0.1, -0.05) is 35.6 Å². The summed E-state index contributed by atoms with van der Waals surface area (Å²) < 4.78 is 0. The summed E-state index contributed by atoms with van der Waals surface area (Å²) in [7, 11) is 0. The quantitative estimate of drug-likeness (QED) is 0.836. The lowest BCUT2D eigenvalue weighted by molar-refractivity contribution is 0.102. The van der Waals surface area contributed by atoms with Crippen LogP contribution in [0.2, 0.25) is 5.02 Å². The van der Waals surface area contributed by atoms with E-state index >= 15 is 0 Å². The van der Waals surface area contributed by atoms with Gasteiger partial charge in [0.2, 0.25) is 0 Å². The summed E-state index contributed by atoms with van der Waals surface area (Å²) in [6.45, 7) is 0.305. The van der Waals surface area contributed by atoms with E-state index in [1.807, 2.05) is 12.1 Å². The summed E-state index contributed by atoms with van der Waals surface area (Å²) >= 11 is 7.39. The highest BCUT2D eigenvalue weighted by molar-refractivity contribution is 7.10. The zero-order valence-electron chi connectivity index (χ0n) is 9.94. The van der Waals surface area contributed by atoms with Gasteiger partial charge in [0.05, 0.1) is 27.7 Å². The third-order valence-electron chi connectivity index (χ3n) is 2.30. The summed E-state index contributed by atoms with van der Waals surface area (Å²) in [4.78, 5) is 12.8. The van der Waals surface area contributed by atoms with Crippen LogP contribution in [0.25, 0.3) is 0 Å². The fourth-order valence-corrected chi connectivity index (χ4v) is 2.35. The van der Waals surface area contributed by atoms with E-state index in [4.69, 9.17) is 17.3 Å². The first-order valence-electron chi connectivity index (χ1n) is 5.54. The zero-order chi connectivity index (χ0) is 13.7. The van der Waals surface area contributed by atoms with Crippen LogP contribution in [0.4, 0.5) is 5.69 Å². The Morgan fingerprint density at radius 2 is 2.21 bits per heavy atom. The Morgan fingerprint density at radius 3 is 2.95 bits per heavy atom. The number of carbonyl (C=O) groups excluding carboxylic acids is 1. The molecule has 1 heterocycles. The first kappa shape index (κ1) is 13.6.